The van der Waals surface area contributed by atoms with Gasteiger partial charge in [-0.1, -0.05) is 36.2 Å². The first-order valence-electron chi connectivity index (χ1n) is 7.03. The molecule has 0 amide bonds. The number of nitrogens with two attached hydrogens (primary N) is 1. The zero-order valence-corrected chi connectivity index (χ0v) is 13.8. The molecule has 0 saturated heterocycles. The molecule has 0 aliphatic rings. The molecule has 2 aromatic rings. The van der Waals surface area contributed by atoms with Crippen LogP contribution in [-0.4, -0.2) is 16.3 Å². The van der Waals surface area contributed by atoms with Crippen molar-refractivity contribution in [3.63, 3.8) is 0 Å². The van der Waals surface area contributed by atoms with E-state index in [-0.39, 0.29) is 0 Å². The Kier molecular flexibility index (Phi) is 5.37. The van der Waals surface area contributed by atoms with E-state index in [1.807, 2.05) is 23.7 Å². The molecule has 0 atom stereocenters. The summed E-state index contributed by atoms with van der Waals surface area (Å²) in [5.41, 5.74) is 8.70. The first-order valence-corrected chi connectivity index (χ1v) is 7.79. The topological polar surface area (TPSA) is 55.9 Å². The highest BCUT2D eigenvalue weighted by Crippen LogP contribution is 2.24. The molecule has 3 N–H and O–H groups in total. The van der Waals surface area contributed by atoms with E-state index in [0.717, 1.165) is 43.0 Å². The molecular weight excluding hydrogens is 307 g/mol. The van der Waals surface area contributed by atoms with Crippen molar-refractivity contribution in [2.24, 2.45) is 0 Å². The minimum Gasteiger partial charge on any atom is -0.394 e. The van der Waals surface area contributed by atoms with Gasteiger partial charge in [0.15, 0.2) is 0 Å². The third-order valence-electron chi connectivity index (χ3n) is 3.31. The van der Waals surface area contributed by atoms with Gasteiger partial charge in [0, 0.05) is 23.1 Å². The van der Waals surface area contributed by atoms with Gasteiger partial charge in [-0.15, -0.1) is 0 Å². The van der Waals surface area contributed by atoms with Gasteiger partial charge in [0.25, 0.3) is 0 Å². The van der Waals surface area contributed by atoms with Crippen molar-refractivity contribution < 1.29 is 0 Å². The number of hydrogen-bond acceptors (Lipinski definition) is 3. The monoisotopic (exact) mass is 326 g/mol. The second-order valence-electron chi connectivity index (χ2n) is 4.98. The maximum Gasteiger partial charge on any atom is 0.148 e. The quantitative estimate of drug-likeness (QED) is 0.838. The third kappa shape index (κ3) is 3.83. The zero-order valence-electron chi connectivity index (χ0n) is 12.3. The Bertz CT molecular complexity index is 622. The molecule has 0 unspecified atom stereocenters. The van der Waals surface area contributed by atoms with E-state index in [2.05, 4.69) is 17.3 Å². The molecule has 2 rings (SSSR count). The second-order valence-corrected chi connectivity index (χ2v) is 5.83. The van der Waals surface area contributed by atoms with Crippen LogP contribution in [0, 0.1) is 6.92 Å². The van der Waals surface area contributed by atoms with Gasteiger partial charge < -0.3 is 11.1 Å². The number of anilines is 2. The number of halogens is 2. The number of aryl methyl sites for hydroxylation is 2. The van der Waals surface area contributed by atoms with Crippen LogP contribution in [0.3, 0.4) is 0 Å². The normalized spacial score (nSPS) is 10.9. The van der Waals surface area contributed by atoms with Gasteiger partial charge in [-0.3, -0.25) is 0 Å². The molecular formula is C15H20Cl2N4. The highest BCUT2D eigenvalue weighted by atomic mass is 35.5. The summed E-state index contributed by atoms with van der Waals surface area (Å²) in [5, 5.41) is 9.14. The van der Waals surface area contributed by atoms with Gasteiger partial charge in [-0.25, -0.2) is 4.68 Å². The molecule has 0 saturated carbocycles. The molecule has 0 aliphatic heterocycles. The average molecular weight is 327 g/mol. The van der Waals surface area contributed by atoms with E-state index >= 15 is 0 Å². The Morgan fingerprint density at radius 2 is 2.10 bits per heavy atom. The number of rotatable bonds is 6. The van der Waals surface area contributed by atoms with Crippen molar-refractivity contribution in [3.05, 3.63) is 39.5 Å². The maximum atomic E-state index is 6.17. The molecule has 21 heavy (non-hydrogen) atoms. The van der Waals surface area contributed by atoms with Crippen molar-refractivity contribution in [2.75, 3.05) is 17.6 Å². The van der Waals surface area contributed by atoms with Crippen LogP contribution in [0.2, 0.25) is 10.0 Å². The fourth-order valence-corrected chi connectivity index (χ4v) is 2.70. The lowest BCUT2D eigenvalue weighted by molar-refractivity contribution is 0.603. The highest BCUT2D eigenvalue weighted by molar-refractivity contribution is 6.35. The van der Waals surface area contributed by atoms with Crippen molar-refractivity contribution in [1.82, 2.24) is 9.78 Å². The molecule has 6 heteroatoms. The van der Waals surface area contributed by atoms with Crippen molar-refractivity contribution >= 4 is 34.7 Å². The van der Waals surface area contributed by atoms with E-state index in [0.29, 0.717) is 15.7 Å². The summed E-state index contributed by atoms with van der Waals surface area (Å²) in [4.78, 5) is 0. The van der Waals surface area contributed by atoms with Gasteiger partial charge in [0.1, 0.15) is 5.82 Å². The smallest absolute Gasteiger partial charge is 0.148 e. The van der Waals surface area contributed by atoms with E-state index in [9.17, 15) is 0 Å². The molecule has 4 nitrogen and oxygen atoms in total. The van der Waals surface area contributed by atoms with E-state index in [1.54, 1.807) is 6.07 Å². The predicted octanol–water partition coefficient (Wildman–Crippen LogP) is 4.15. The summed E-state index contributed by atoms with van der Waals surface area (Å²) in [6, 6.07) is 5.56. The van der Waals surface area contributed by atoms with Gasteiger partial charge in [0.2, 0.25) is 0 Å². The summed E-state index contributed by atoms with van der Waals surface area (Å²) in [6.45, 7) is 5.62. The Hall–Kier alpha value is -1.39. The molecule has 1 aromatic heterocycles. The molecule has 114 valence electrons. The molecule has 0 fully saturated rings. The largest absolute Gasteiger partial charge is 0.394 e. The standard InChI is InChI=1S/C15H20Cl2N4/c1-3-8-21-15(14(18)10(2)20-21)19-7-6-11-4-5-12(16)9-13(11)17/h4-5,9,19H,3,6-8,18H2,1-2H3. The molecule has 0 radical (unpaired) electrons. The van der Waals surface area contributed by atoms with Crippen LogP contribution in [0.4, 0.5) is 11.5 Å². The Morgan fingerprint density at radius 3 is 2.76 bits per heavy atom. The molecule has 0 spiro atoms. The first-order chi connectivity index (χ1) is 10.0. The Balaban J connectivity index is 2.03. The molecule has 1 aromatic carbocycles. The number of hydrogen-bond donors (Lipinski definition) is 2. The fraction of sp³-hybridized carbons (Fsp3) is 0.400. The maximum absolute atomic E-state index is 6.17. The number of aromatic nitrogens is 2. The van der Waals surface area contributed by atoms with Gasteiger partial charge in [-0.2, -0.15) is 5.10 Å². The number of nitrogens with one attached hydrogen (secondary N) is 1. The van der Waals surface area contributed by atoms with Crippen LogP contribution < -0.4 is 11.1 Å². The Morgan fingerprint density at radius 1 is 1.33 bits per heavy atom. The van der Waals surface area contributed by atoms with Gasteiger partial charge in [0.05, 0.1) is 11.4 Å². The van der Waals surface area contributed by atoms with E-state index in [1.165, 1.54) is 0 Å². The van der Waals surface area contributed by atoms with E-state index < -0.39 is 0 Å². The van der Waals surface area contributed by atoms with Crippen LogP contribution in [0.15, 0.2) is 18.2 Å². The summed E-state index contributed by atoms with van der Waals surface area (Å²) < 4.78 is 1.92. The number of benzene rings is 1. The van der Waals surface area contributed by atoms with E-state index in [4.69, 9.17) is 28.9 Å². The van der Waals surface area contributed by atoms with Crippen LogP contribution in [0.25, 0.3) is 0 Å². The SMILES string of the molecule is CCCn1nc(C)c(N)c1NCCc1ccc(Cl)cc1Cl. The van der Waals surface area contributed by atoms with Crippen molar-refractivity contribution in [1.29, 1.82) is 0 Å². The summed E-state index contributed by atoms with van der Waals surface area (Å²) in [7, 11) is 0. The van der Waals surface area contributed by atoms with Crippen LogP contribution >= 0.6 is 23.2 Å². The highest BCUT2D eigenvalue weighted by Gasteiger charge is 2.11. The second kappa shape index (κ2) is 7.05. The summed E-state index contributed by atoms with van der Waals surface area (Å²) >= 11 is 12.1. The molecule has 1 heterocycles. The molecule has 0 bridgehead atoms. The van der Waals surface area contributed by atoms with Crippen LogP contribution in [0.5, 0.6) is 0 Å². The minimum atomic E-state index is 0.651. The first kappa shape index (κ1) is 16.0. The molecule has 0 aliphatic carbocycles. The van der Waals surface area contributed by atoms with Crippen molar-refractivity contribution in [2.45, 2.75) is 33.2 Å². The third-order valence-corrected chi connectivity index (χ3v) is 3.90. The Labute approximate surface area is 135 Å². The fourth-order valence-electron chi connectivity index (χ4n) is 2.20. The van der Waals surface area contributed by atoms with Gasteiger partial charge >= 0.3 is 0 Å². The predicted molar refractivity (Wildman–Crippen MR) is 90.3 cm³/mol. The summed E-state index contributed by atoms with van der Waals surface area (Å²) in [6.07, 6.45) is 1.81. The summed E-state index contributed by atoms with van der Waals surface area (Å²) in [5.74, 6) is 0.888. The average Bonchev–Trinajstić information content (AvgIpc) is 2.69. The van der Waals surface area contributed by atoms with Crippen molar-refractivity contribution in [3.8, 4) is 0 Å². The number of nitrogens with zero attached hydrogens (tertiary/aromatic N) is 2. The van der Waals surface area contributed by atoms with Gasteiger partial charge in [-0.05, 0) is 37.5 Å². The number of nitrogen functional groups attached to an aromatic ring is 1. The zero-order chi connectivity index (χ0) is 15.4. The lowest BCUT2D eigenvalue weighted by Gasteiger charge is -2.11. The van der Waals surface area contributed by atoms with Crippen LogP contribution in [-0.2, 0) is 13.0 Å². The van der Waals surface area contributed by atoms with Crippen LogP contribution in [0.1, 0.15) is 24.6 Å². The lowest BCUT2D eigenvalue weighted by atomic mass is 10.1. The lowest BCUT2D eigenvalue weighted by Crippen LogP contribution is -2.12. The minimum absolute atomic E-state index is 0.651.